The molecule has 5 aliphatic heterocycles. The number of aliphatic hydroxyl groups is 13. The van der Waals surface area contributed by atoms with Gasteiger partial charge >= 0.3 is 5.97 Å². The van der Waals surface area contributed by atoms with Crippen LogP contribution in [0.25, 0.3) is 0 Å². The Morgan fingerprint density at radius 1 is 0.523 bits per heavy atom. The van der Waals surface area contributed by atoms with Crippen molar-refractivity contribution in [3.8, 4) is 0 Å². The summed E-state index contributed by atoms with van der Waals surface area (Å²) in [6.07, 6.45) is -33.3. The molecule has 0 aromatic carbocycles. The van der Waals surface area contributed by atoms with Crippen LogP contribution in [0.4, 0.5) is 0 Å². The van der Waals surface area contributed by atoms with E-state index in [2.05, 4.69) is 26.6 Å². The van der Waals surface area contributed by atoms with Crippen molar-refractivity contribution in [3.05, 3.63) is 0 Å². The molecule has 0 bridgehead atoms. The maximum Gasteiger partial charge on any atom is 0.354 e. The number of amides is 7. The zero-order valence-corrected chi connectivity index (χ0v) is 47.0. The first-order chi connectivity index (χ1) is 40.8. The highest BCUT2D eigenvalue weighted by Crippen LogP contribution is 2.31. The lowest BCUT2D eigenvalue weighted by atomic mass is 9.96. The van der Waals surface area contributed by atoms with Crippen molar-refractivity contribution in [2.24, 2.45) is 0 Å². The van der Waals surface area contributed by atoms with Gasteiger partial charge in [0.1, 0.15) is 97.6 Å². The molecular weight excluding hydrogens is 1170 g/mol. The van der Waals surface area contributed by atoms with Crippen molar-refractivity contribution < 1.29 is 147 Å². The van der Waals surface area contributed by atoms with Crippen LogP contribution < -0.4 is 26.6 Å². The maximum atomic E-state index is 13.1. The molecule has 5 saturated heterocycles. The van der Waals surface area contributed by atoms with Gasteiger partial charge in [0, 0.05) is 51.9 Å². The van der Waals surface area contributed by atoms with Crippen molar-refractivity contribution in [3.63, 3.8) is 0 Å². The van der Waals surface area contributed by atoms with E-state index >= 15 is 0 Å². The van der Waals surface area contributed by atoms with Crippen LogP contribution in [0.1, 0.15) is 52.4 Å². The summed E-state index contributed by atoms with van der Waals surface area (Å²) in [5.74, 6) is -5.95. The lowest BCUT2D eigenvalue weighted by Crippen LogP contribution is -2.65. The fourth-order valence-electron chi connectivity index (χ4n) is 9.14. The summed E-state index contributed by atoms with van der Waals surface area (Å²) in [6, 6.07) is -1.41. The van der Waals surface area contributed by atoms with Gasteiger partial charge < -0.3 is 136 Å². The SMILES string of the molecule is C[C@H](NC(=O)CN(CC(=O)NCCCC(=O)NCCO[C@@H]1O[C@@H](C)[C@@H](O)[C@@H](O)[C@@H]1O)CC(=O)NCCCC(=O)NCCO[C@H]1O[C@H](CO[C@H]2O[C@H](CO)[C@@H](O)[C@H](O)[C@@H]2O)[C@@H](O)[C@H](O[C@H]2O[C@H](CO)[C@@H](O)[C@H](O)[C@@H]2O)[C@@H]1O)C(=O)ON1C(=O)CCC1=O. The molecule has 0 saturated carbocycles. The molecule has 7 amide bonds. The lowest BCUT2D eigenvalue weighted by Gasteiger charge is -2.46. The lowest BCUT2D eigenvalue weighted by molar-refractivity contribution is -0.366. The molecule has 5 aliphatic rings. The molecule has 18 N–H and O–H groups in total. The van der Waals surface area contributed by atoms with E-state index in [4.69, 9.17) is 42.7 Å². The monoisotopic (exact) mass is 1250 g/mol. The average molecular weight is 1250 g/mol. The van der Waals surface area contributed by atoms with Crippen molar-refractivity contribution in [2.45, 2.75) is 181 Å². The molecule has 5 rings (SSSR count). The molecule has 37 heteroatoms. The Kier molecular flexibility index (Phi) is 29.0. The summed E-state index contributed by atoms with van der Waals surface area (Å²) in [4.78, 5) is 107. The molecule has 0 aromatic rings. The standard InChI is InChI=1S/C49H81N7O30/c1-21(45(77)86-56-31(64)7-8-32(56)65)54-30(63)17-55(15-28(61)50-9-3-5-26(59)52-11-13-78-46-40(73)37(70)33(66)22(2)81-46)16-29(62)51-10-4-6-27(60)53-12-14-79-48-43(76)44(85-49-42(75)39(72)35(68)24(19-58)83-49)36(69)25(84-48)20-80-47-41(74)38(71)34(67)23(18-57)82-47/h21-25,33-44,46-49,57-58,66-76H,3-20H2,1-2H3,(H,50,61)(H,51,62)(H,52,59)(H,53,60)(H,54,63)/t21-,22-,23+,24+,25+,33+,34+,35+,36+,37+,38-,39-,40-,41-,42-,43-,44-,46+,47-,48-,49+/m0/s1. The minimum absolute atomic E-state index is 0.0139. The second-order valence-corrected chi connectivity index (χ2v) is 20.8. The molecule has 492 valence electrons. The molecule has 21 atom stereocenters. The smallest absolute Gasteiger partial charge is 0.354 e. The Morgan fingerprint density at radius 2 is 0.953 bits per heavy atom. The number of imide groups is 1. The molecule has 0 aliphatic carbocycles. The zero-order chi connectivity index (χ0) is 63.5. The minimum atomic E-state index is -1.98. The van der Waals surface area contributed by atoms with E-state index in [1.165, 1.54) is 13.8 Å². The van der Waals surface area contributed by atoms with Crippen LogP contribution in [-0.2, 0) is 81.1 Å². The third kappa shape index (κ3) is 20.6. The zero-order valence-electron chi connectivity index (χ0n) is 47.0. The second kappa shape index (κ2) is 34.7. The normalized spacial score (nSPS) is 34.3. The number of aliphatic hydroxyl groups excluding tert-OH is 13. The predicted molar refractivity (Wildman–Crippen MR) is 275 cm³/mol. The molecule has 0 radical (unpaired) electrons. The molecule has 86 heavy (non-hydrogen) atoms. The largest absolute Gasteiger partial charge is 0.394 e. The summed E-state index contributed by atoms with van der Waals surface area (Å²) < 4.78 is 44.0. The van der Waals surface area contributed by atoms with Crippen LogP contribution in [0.3, 0.4) is 0 Å². The Labute approximate surface area is 490 Å². The van der Waals surface area contributed by atoms with Gasteiger partial charge in [0.25, 0.3) is 11.8 Å². The van der Waals surface area contributed by atoms with Crippen LogP contribution in [0.15, 0.2) is 0 Å². The first-order valence-electron chi connectivity index (χ1n) is 27.7. The molecule has 5 fully saturated rings. The molecular formula is C49H81N7O30. The highest BCUT2D eigenvalue weighted by atomic mass is 16.8. The maximum absolute atomic E-state index is 13.1. The topological polar surface area (TPSA) is 549 Å². The van der Waals surface area contributed by atoms with Crippen molar-refractivity contribution in [2.75, 3.05) is 78.8 Å². The number of nitrogens with zero attached hydrogens (tertiary/aromatic N) is 2. The number of hydrogen-bond donors (Lipinski definition) is 18. The van der Waals surface area contributed by atoms with Gasteiger partial charge in [-0.2, -0.15) is 0 Å². The van der Waals surface area contributed by atoms with E-state index in [-0.39, 0.29) is 76.4 Å². The predicted octanol–water partition coefficient (Wildman–Crippen LogP) is -12.3. The van der Waals surface area contributed by atoms with Gasteiger partial charge in [-0.15, -0.1) is 5.06 Å². The quantitative estimate of drug-likeness (QED) is 0.0220. The number of ether oxygens (including phenoxy) is 8. The fourth-order valence-corrected chi connectivity index (χ4v) is 9.14. The number of hydroxylamine groups is 2. The van der Waals surface area contributed by atoms with E-state index in [0.29, 0.717) is 0 Å². The van der Waals surface area contributed by atoms with Crippen LogP contribution in [0.2, 0.25) is 0 Å². The van der Waals surface area contributed by atoms with Gasteiger partial charge in [0.05, 0.1) is 58.8 Å². The van der Waals surface area contributed by atoms with E-state index in [0.717, 1.165) is 4.90 Å². The highest BCUT2D eigenvalue weighted by Gasteiger charge is 2.52. The summed E-state index contributed by atoms with van der Waals surface area (Å²) in [5.41, 5.74) is 0. The third-order valence-electron chi connectivity index (χ3n) is 14.1. The van der Waals surface area contributed by atoms with Crippen LogP contribution in [0.5, 0.6) is 0 Å². The molecule has 0 unspecified atom stereocenters. The Hall–Kier alpha value is -4.92. The minimum Gasteiger partial charge on any atom is -0.394 e. The Morgan fingerprint density at radius 3 is 1.47 bits per heavy atom. The van der Waals surface area contributed by atoms with Gasteiger partial charge in [-0.05, 0) is 26.7 Å². The van der Waals surface area contributed by atoms with Crippen LogP contribution in [-0.4, -0.2) is 331 Å². The molecule has 0 spiro atoms. The second-order valence-electron chi connectivity index (χ2n) is 20.8. The molecule has 0 aromatic heterocycles. The number of hydrogen-bond acceptors (Lipinski definition) is 31. The molecule has 37 nitrogen and oxygen atoms in total. The molecule has 5 heterocycles. The van der Waals surface area contributed by atoms with Gasteiger partial charge in [-0.25, -0.2) is 4.79 Å². The number of nitrogens with one attached hydrogen (secondary N) is 5. The number of rotatable bonds is 32. The van der Waals surface area contributed by atoms with Crippen LogP contribution in [0, 0.1) is 0 Å². The first kappa shape index (κ1) is 71.8. The van der Waals surface area contributed by atoms with E-state index in [9.17, 15) is 105 Å². The number of carbonyl (C=O) groups is 8. The Balaban J connectivity index is 1.08. The van der Waals surface area contributed by atoms with Crippen molar-refractivity contribution in [1.82, 2.24) is 36.5 Å². The highest BCUT2D eigenvalue weighted by molar-refractivity contribution is 6.02. The summed E-state index contributed by atoms with van der Waals surface area (Å²) in [6.45, 7) is -2.36. The third-order valence-corrected chi connectivity index (χ3v) is 14.1. The summed E-state index contributed by atoms with van der Waals surface area (Å²) in [7, 11) is 0. The van der Waals surface area contributed by atoms with Gasteiger partial charge in [-0.1, -0.05) is 0 Å². The van der Waals surface area contributed by atoms with Crippen LogP contribution >= 0.6 is 0 Å². The fraction of sp³-hybridized carbons (Fsp3) is 0.837. The average Bonchev–Trinajstić information content (AvgIpc) is 1.49. The summed E-state index contributed by atoms with van der Waals surface area (Å²) >= 11 is 0. The van der Waals surface area contributed by atoms with Gasteiger partial charge in [-0.3, -0.25) is 38.5 Å². The van der Waals surface area contributed by atoms with E-state index < -0.39 is 222 Å². The first-order valence-corrected chi connectivity index (χ1v) is 27.7. The number of carbonyl (C=O) groups excluding carboxylic acids is 8. The van der Waals surface area contributed by atoms with Crippen molar-refractivity contribution in [1.29, 1.82) is 0 Å². The van der Waals surface area contributed by atoms with E-state index in [1.807, 2.05) is 0 Å². The van der Waals surface area contributed by atoms with E-state index in [1.54, 1.807) is 0 Å². The summed E-state index contributed by atoms with van der Waals surface area (Å²) in [5, 5.41) is 146. The Bertz CT molecular complexity index is 2210. The van der Waals surface area contributed by atoms with Gasteiger partial charge in [0.15, 0.2) is 25.2 Å². The van der Waals surface area contributed by atoms with Crippen molar-refractivity contribution >= 4 is 47.3 Å². The van der Waals surface area contributed by atoms with Gasteiger partial charge in [0.2, 0.25) is 29.5 Å².